The molecule has 0 unspecified atom stereocenters. The molecule has 4 aromatic heterocycles. The number of ketones is 1. The maximum Gasteiger partial charge on any atom is 0.340 e. The number of nitrogens with one attached hydrogen (secondary N) is 4. The summed E-state index contributed by atoms with van der Waals surface area (Å²) >= 11 is 0. The quantitative estimate of drug-likeness (QED) is 0.157. The summed E-state index contributed by atoms with van der Waals surface area (Å²) in [5, 5.41) is 7.91. The minimum absolute atomic E-state index is 0.0214. The van der Waals surface area contributed by atoms with Crippen LogP contribution in [0, 0.1) is 12.8 Å². The fraction of sp³-hybridized carbons (Fsp3) is 0.294. The molecule has 2 aliphatic carbocycles. The summed E-state index contributed by atoms with van der Waals surface area (Å²) in [6.07, 6.45) is 9.90. The number of H-pyrrole nitrogens is 1. The zero-order valence-corrected chi connectivity index (χ0v) is 28.6. The zero-order valence-electron chi connectivity index (χ0n) is 28.6. The third-order valence-corrected chi connectivity index (χ3v) is 9.46. The fourth-order valence-corrected chi connectivity index (χ4v) is 7.16. The normalized spacial score (nSPS) is 18.5. The molecule has 262 valence electrons. The molecule has 1 aliphatic heterocycles. The van der Waals surface area contributed by atoms with Crippen LogP contribution in [0.1, 0.15) is 72.4 Å². The molecular formula is C34H34N10O7. The van der Waals surface area contributed by atoms with E-state index in [4.69, 9.17) is 4.74 Å². The van der Waals surface area contributed by atoms with Crippen LogP contribution in [0.4, 0.5) is 17.3 Å². The van der Waals surface area contributed by atoms with Crippen LogP contribution in [-0.2, 0) is 40.9 Å². The van der Waals surface area contributed by atoms with Gasteiger partial charge in [-0.2, -0.15) is 0 Å². The number of aromatic amines is 1. The Balaban J connectivity index is 1.02. The molecule has 0 bridgehead atoms. The van der Waals surface area contributed by atoms with Gasteiger partial charge < -0.3 is 44.3 Å². The Kier molecular flexibility index (Phi) is 7.65. The van der Waals surface area contributed by atoms with Gasteiger partial charge in [-0.05, 0) is 31.4 Å². The number of hydrogen-bond donors (Lipinski definition) is 4. The Labute approximate surface area is 290 Å². The Morgan fingerprint density at radius 2 is 1.61 bits per heavy atom. The van der Waals surface area contributed by atoms with E-state index in [1.165, 1.54) is 47.7 Å². The SMILES string of the molecule is COC(=O)c1c(C)[nH]c2c1[C@@]13C[C@@H]1CN(C(=O)/C=C/c1cc(NC(=O)c4nc(NC(=O)c5nc(NC(C)=O)cn5C)cn4C)cn1C)C3=CC2=O. The number of carbonyl (C=O) groups excluding carboxylic acids is 6. The van der Waals surface area contributed by atoms with Crippen molar-refractivity contribution in [3.05, 3.63) is 82.4 Å². The van der Waals surface area contributed by atoms with E-state index in [1.54, 1.807) is 55.9 Å². The monoisotopic (exact) mass is 694 g/mol. The Morgan fingerprint density at radius 1 is 0.961 bits per heavy atom. The van der Waals surface area contributed by atoms with Crippen LogP contribution in [0.25, 0.3) is 6.08 Å². The average molecular weight is 695 g/mol. The standard InChI is InChI=1S/C34H34N10O7/c1-16-26(33(50)51-6)27-28(35-16)21(46)10-22-34(27)11-18(34)12-44(22)25(47)8-7-20-9-19(13-41(20)3)37-31(48)29-39-24(15-43(29)5)40-32(49)30-38-23(14-42(30)4)36-17(2)45/h7-10,13-15,18,35H,11-12H2,1-6H3,(H,36,45)(H,37,48)(H,40,49)/b8-7+/t18-,34+/m1/s1. The van der Waals surface area contributed by atoms with Crippen LogP contribution in [0.3, 0.4) is 0 Å². The van der Waals surface area contributed by atoms with E-state index in [-0.39, 0.29) is 46.8 Å². The molecule has 7 rings (SSSR count). The van der Waals surface area contributed by atoms with E-state index < -0.39 is 23.2 Å². The van der Waals surface area contributed by atoms with Gasteiger partial charge in [0.15, 0.2) is 11.6 Å². The highest BCUT2D eigenvalue weighted by atomic mass is 16.5. The summed E-state index contributed by atoms with van der Waals surface area (Å²) < 4.78 is 9.66. The predicted octanol–water partition coefficient (Wildman–Crippen LogP) is 2.27. The molecule has 17 nitrogen and oxygen atoms in total. The number of esters is 1. The molecule has 0 aromatic carbocycles. The number of methoxy groups -OCH3 is 1. The highest BCUT2D eigenvalue weighted by Gasteiger charge is 2.68. The van der Waals surface area contributed by atoms with Crippen molar-refractivity contribution >= 4 is 58.8 Å². The number of anilines is 3. The van der Waals surface area contributed by atoms with Gasteiger partial charge in [0.1, 0.15) is 0 Å². The van der Waals surface area contributed by atoms with Crippen molar-refractivity contribution in [3.8, 4) is 0 Å². The van der Waals surface area contributed by atoms with E-state index in [0.29, 0.717) is 46.1 Å². The number of amides is 4. The molecule has 2 atom stereocenters. The van der Waals surface area contributed by atoms with Gasteiger partial charge in [0, 0.05) is 93.4 Å². The van der Waals surface area contributed by atoms with Gasteiger partial charge in [0.05, 0.1) is 24.1 Å². The number of ether oxygens (including phenoxy) is 1. The second-order valence-electron chi connectivity index (χ2n) is 12.9. The molecule has 0 radical (unpaired) electrons. The van der Waals surface area contributed by atoms with Crippen LogP contribution in [0.15, 0.2) is 42.5 Å². The number of nitrogens with zero attached hydrogens (tertiary/aromatic N) is 6. The molecule has 51 heavy (non-hydrogen) atoms. The first-order valence-electron chi connectivity index (χ1n) is 15.9. The van der Waals surface area contributed by atoms with E-state index >= 15 is 0 Å². The first-order chi connectivity index (χ1) is 24.2. The smallest absolute Gasteiger partial charge is 0.340 e. The predicted molar refractivity (Wildman–Crippen MR) is 182 cm³/mol. The van der Waals surface area contributed by atoms with E-state index in [1.807, 2.05) is 0 Å². The molecule has 1 spiro atoms. The number of imidazole rings is 2. The first-order valence-corrected chi connectivity index (χ1v) is 15.9. The number of piperidine rings is 1. The van der Waals surface area contributed by atoms with E-state index in [0.717, 1.165) is 6.42 Å². The van der Waals surface area contributed by atoms with Crippen LogP contribution < -0.4 is 16.0 Å². The van der Waals surface area contributed by atoms with Gasteiger partial charge in [0.2, 0.25) is 23.3 Å². The average Bonchev–Trinajstić information content (AvgIpc) is 3.54. The van der Waals surface area contributed by atoms with Crippen molar-refractivity contribution in [1.82, 2.24) is 33.6 Å². The molecule has 5 heterocycles. The van der Waals surface area contributed by atoms with Crippen molar-refractivity contribution < 1.29 is 33.5 Å². The highest BCUT2D eigenvalue weighted by molar-refractivity contribution is 6.11. The van der Waals surface area contributed by atoms with Crippen molar-refractivity contribution in [3.63, 3.8) is 0 Å². The lowest BCUT2D eigenvalue weighted by molar-refractivity contribution is -0.124. The Bertz CT molecular complexity index is 2280. The van der Waals surface area contributed by atoms with Gasteiger partial charge in [-0.15, -0.1) is 0 Å². The topological polar surface area (TPSA) is 207 Å². The van der Waals surface area contributed by atoms with Crippen molar-refractivity contribution in [2.45, 2.75) is 25.7 Å². The Morgan fingerprint density at radius 3 is 2.25 bits per heavy atom. The largest absolute Gasteiger partial charge is 0.465 e. The van der Waals surface area contributed by atoms with E-state index in [9.17, 15) is 28.8 Å². The van der Waals surface area contributed by atoms with Crippen LogP contribution in [-0.4, -0.2) is 82.6 Å². The maximum absolute atomic E-state index is 13.5. The lowest BCUT2D eigenvalue weighted by Crippen LogP contribution is -2.33. The molecule has 1 saturated carbocycles. The summed E-state index contributed by atoms with van der Waals surface area (Å²) in [6, 6.07) is 1.69. The molecule has 4 aromatic rings. The number of aryl methyl sites for hydroxylation is 4. The van der Waals surface area contributed by atoms with Gasteiger partial charge in [-0.25, -0.2) is 14.8 Å². The number of hydrogen-bond acceptors (Lipinski definition) is 9. The molecule has 4 amide bonds. The number of likely N-dealkylation sites (tertiary alicyclic amines) is 1. The number of aromatic nitrogens is 6. The van der Waals surface area contributed by atoms with Crippen LogP contribution in [0.2, 0.25) is 0 Å². The van der Waals surface area contributed by atoms with E-state index in [2.05, 4.69) is 30.9 Å². The lowest BCUT2D eigenvalue weighted by atomic mass is 9.82. The summed E-state index contributed by atoms with van der Waals surface area (Å²) in [5.74, 6) is -2.13. The summed E-state index contributed by atoms with van der Waals surface area (Å²) in [5.41, 5.74) is 2.95. The maximum atomic E-state index is 13.5. The summed E-state index contributed by atoms with van der Waals surface area (Å²) in [6.45, 7) is 3.47. The summed E-state index contributed by atoms with van der Waals surface area (Å²) in [7, 11) is 6.27. The molecule has 1 saturated heterocycles. The summed E-state index contributed by atoms with van der Waals surface area (Å²) in [4.78, 5) is 89.7. The fourth-order valence-electron chi connectivity index (χ4n) is 7.16. The lowest BCUT2D eigenvalue weighted by Gasteiger charge is -2.27. The third-order valence-electron chi connectivity index (χ3n) is 9.46. The molecule has 4 N–H and O–H groups in total. The van der Waals surface area contributed by atoms with Gasteiger partial charge in [-0.3, -0.25) is 24.0 Å². The number of carbonyl (C=O) groups is 6. The molecular weight excluding hydrogens is 660 g/mol. The first kappa shape index (κ1) is 33.0. The van der Waals surface area contributed by atoms with Crippen molar-refractivity contribution in [1.29, 1.82) is 0 Å². The van der Waals surface area contributed by atoms with Crippen LogP contribution in [0.5, 0.6) is 0 Å². The number of rotatable bonds is 8. The third kappa shape index (κ3) is 5.42. The van der Waals surface area contributed by atoms with Gasteiger partial charge in [-0.1, -0.05) is 0 Å². The van der Waals surface area contributed by atoms with Gasteiger partial charge in [0.25, 0.3) is 17.7 Å². The molecule has 3 aliphatic rings. The minimum Gasteiger partial charge on any atom is -0.465 e. The van der Waals surface area contributed by atoms with Crippen molar-refractivity contribution in [2.24, 2.45) is 27.1 Å². The zero-order chi connectivity index (χ0) is 36.5. The highest BCUT2D eigenvalue weighted by Crippen LogP contribution is 2.67. The van der Waals surface area contributed by atoms with Crippen LogP contribution >= 0.6 is 0 Å². The second kappa shape index (κ2) is 11.8. The second-order valence-corrected chi connectivity index (χ2v) is 12.9. The number of allylic oxidation sites excluding steroid dienone is 2. The van der Waals surface area contributed by atoms with Crippen molar-refractivity contribution in [2.75, 3.05) is 29.6 Å². The number of fused-ring (bicyclic) bond motifs is 1. The molecule has 17 heteroatoms. The minimum atomic E-state index is -0.591. The molecule has 2 fully saturated rings. The Hall–Kier alpha value is -6.52. The van der Waals surface area contributed by atoms with Gasteiger partial charge >= 0.3 is 5.97 Å².